The van der Waals surface area contributed by atoms with E-state index in [1.807, 2.05) is 0 Å². The summed E-state index contributed by atoms with van der Waals surface area (Å²) in [7, 11) is 0. The highest BCUT2D eigenvalue weighted by molar-refractivity contribution is 4.48. The van der Waals surface area contributed by atoms with Crippen molar-refractivity contribution in [2.24, 2.45) is 0 Å². The highest BCUT2D eigenvalue weighted by atomic mass is 16.3. The fourth-order valence-corrected chi connectivity index (χ4v) is 6.06. The van der Waals surface area contributed by atoms with Gasteiger partial charge in [0.05, 0.1) is 0 Å². The second-order valence-corrected chi connectivity index (χ2v) is 16.4. The summed E-state index contributed by atoms with van der Waals surface area (Å²) in [5.41, 5.74) is 0. The SMILES string of the molecule is CCCCCCCCCCCCO.CCCCCCCCCCO.CCCCCCCCCO.CCCCCCCCO.CCCCCCCO.CCCCCCO. The van der Waals surface area contributed by atoms with Crippen molar-refractivity contribution >= 4 is 0 Å². The molecule has 0 bridgehead atoms. The van der Waals surface area contributed by atoms with Gasteiger partial charge in [-0.15, -0.1) is 0 Å². The first-order chi connectivity index (χ1) is 28.5. The van der Waals surface area contributed by atoms with E-state index in [0.29, 0.717) is 39.6 Å². The minimum atomic E-state index is 0.361. The Kier molecular flexibility index (Phi) is 101. The molecule has 0 aromatic rings. The van der Waals surface area contributed by atoms with Crippen LogP contribution in [0.3, 0.4) is 0 Å². The topological polar surface area (TPSA) is 121 Å². The van der Waals surface area contributed by atoms with Crippen LogP contribution in [0.2, 0.25) is 0 Å². The Labute approximate surface area is 367 Å². The molecule has 58 heavy (non-hydrogen) atoms. The van der Waals surface area contributed by atoms with Crippen LogP contribution >= 0.6 is 0 Å². The van der Waals surface area contributed by atoms with E-state index in [-0.39, 0.29) is 0 Å². The van der Waals surface area contributed by atoms with Gasteiger partial charge in [-0.1, -0.05) is 260 Å². The molecule has 6 heteroatoms. The molecule has 0 unspecified atom stereocenters. The summed E-state index contributed by atoms with van der Waals surface area (Å²) >= 11 is 0. The van der Waals surface area contributed by atoms with Crippen LogP contribution in [0.15, 0.2) is 0 Å². The van der Waals surface area contributed by atoms with Gasteiger partial charge in [0.1, 0.15) is 0 Å². The molecule has 0 aliphatic rings. The monoisotopic (exact) mass is 837 g/mol. The number of aliphatic hydroxyl groups excluding tert-OH is 6. The van der Waals surface area contributed by atoms with Gasteiger partial charge >= 0.3 is 0 Å². The smallest absolute Gasteiger partial charge is 0.0431 e. The van der Waals surface area contributed by atoms with Crippen LogP contribution in [0.25, 0.3) is 0 Å². The second-order valence-electron chi connectivity index (χ2n) is 16.4. The molecule has 6 nitrogen and oxygen atoms in total. The van der Waals surface area contributed by atoms with Crippen molar-refractivity contribution < 1.29 is 30.6 Å². The molecule has 0 saturated carbocycles. The zero-order valence-corrected chi connectivity index (χ0v) is 41.2. The normalized spacial score (nSPS) is 10.1. The van der Waals surface area contributed by atoms with Gasteiger partial charge in [-0.3, -0.25) is 0 Å². The summed E-state index contributed by atoms with van der Waals surface area (Å²) in [6.45, 7) is 15.5. The first-order valence-corrected chi connectivity index (χ1v) is 26.1. The lowest BCUT2D eigenvalue weighted by Gasteiger charge is -2.00. The number of rotatable bonds is 40. The summed E-state index contributed by atoms with van der Waals surface area (Å²) in [4.78, 5) is 0. The van der Waals surface area contributed by atoms with E-state index in [4.69, 9.17) is 30.6 Å². The molecule has 0 radical (unpaired) electrons. The van der Waals surface area contributed by atoms with Crippen LogP contribution in [0.1, 0.15) is 298 Å². The van der Waals surface area contributed by atoms with E-state index in [1.54, 1.807) is 0 Å². The lowest BCUT2D eigenvalue weighted by molar-refractivity contribution is 0.282. The first-order valence-electron chi connectivity index (χ1n) is 26.1. The molecule has 0 aromatic heterocycles. The highest BCUT2D eigenvalue weighted by Crippen LogP contribution is 2.11. The fraction of sp³-hybridized carbons (Fsp3) is 1.00. The third-order valence-electron chi connectivity index (χ3n) is 10.1. The van der Waals surface area contributed by atoms with Gasteiger partial charge in [0.25, 0.3) is 0 Å². The Bertz CT molecular complexity index is 494. The Morgan fingerprint density at radius 3 is 0.328 bits per heavy atom. The highest BCUT2D eigenvalue weighted by Gasteiger charge is 1.92. The fourth-order valence-electron chi connectivity index (χ4n) is 6.06. The summed E-state index contributed by atoms with van der Waals surface area (Å²) in [6, 6.07) is 0. The standard InChI is InChI=1S/C12H26O.C10H22O.C9H20O.C8H18O.C7H16O.C6H14O/c1-2-3-4-5-6-7-8-9-10-11-12-13;1-2-3-4-5-6-7-8-9-10-11;1-2-3-4-5-6-7-8-9-10;1-2-3-4-5-6-7-8-9;1-2-3-4-5-6-7-8;1-2-3-4-5-6-7/h13H,2-12H2,1H3;11H,2-10H2,1H3;10H,2-9H2,1H3;9H,2-8H2,1H3;8H,2-7H2,1H3;7H,2-6H2,1H3. The zero-order valence-electron chi connectivity index (χ0n) is 41.2. The van der Waals surface area contributed by atoms with Crippen LogP contribution in [-0.4, -0.2) is 70.3 Å². The van der Waals surface area contributed by atoms with Gasteiger partial charge in [-0.2, -0.15) is 0 Å². The third kappa shape index (κ3) is 106. The summed E-state index contributed by atoms with van der Waals surface area (Å²) < 4.78 is 0. The van der Waals surface area contributed by atoms with E-state index in [1.165, 1.54) is 218 Å². The van der Waals surface area contributed by atoms with Crippen LogP contribution in [0.4, 0.5) is 0 Å². The Morgan fingerprint density at radius 1 is 0.138 bits per heavy atom. The summed E-state index contributed by atoms with van der Waals surface area (Å²) in [5.74, 6) is 0. The lowest BCUT2D eigenvalue weighted by atomic mass is 10.1. The van der Waals surface area contributed by atoms with Gasteiger partial charge in [0.15, 0.2) is 0 Å². The molecule has 0 heterocycles. The van der Waals surface area contributed by atoms with Crippen molar-refractivity contribution in [2.75, 3.05) is 39.6 Å². The van der Waals surface area contributed by atoms with E-state index in [2.05, 4.69) is 41.5 Å². The van der Waals surface area contributed by atoms with Crippen LogP contribution < -0.4 is 0 Å². The van der Waals surface area contributed by atoms with E-state index in [0.717, 1.165) is 38.5 Å². The Balaban J connectivity index is -0.000000141. The number of aliphatic hydroxyl groups is 6. The molecule has 0 aliphatic heterocycles. The average Bonchev–Trinajstić information content (AvgIpc) is 3.24. The van der Waals surface area contributed by atoms with Gasteiger partial charge in [0.2, 0.25) is 0 Å². The predicted molar refractivity (Wildman–Crippen MR) is 261 cm³/mol. The number of hydrogen-bond acceptors (Lipinski definition) is 6. The van der Waals surface area contributed by atoms with Crippen LogP contribution in [0.5, 0.6) is 0 Å². The molecule has 0 aliphatic carbocycles. The molecule has 0 amide bonds. The van der Waals surface area contributed by atoms with Gasteiger partial charge in [-0.25, -0.2) is 0 Å². The maximum absolute atomic E-state index is 8.57. The van der Waals surface area contributed by atoms with Crippen LogP contribution in [0, 0.1) is 0 Å². The number of unbranched alkanes of at least 4 members (excludes halogenated alkanes) is 34. The molecule has 0 fully saturated rings. The molecule has 0 spiro atoms. The lowest BCUT2D eigenvalue weighted by Crippen LogP contribution is -1.84. The maximum Gasteiger partial charge on any atom is 0.0431 e. The minimum Gasteiger partial charge on any atom is -0.396 e. The average molecular weight is 837 g/mol. The molecule has 6 N–H and O–H groups in total. The van der Waals surface area contributed by atoms with E-state index in [9.17, 15) is 0 Å². The van der Waals surface area contributed by atoms with Crippen molar-refractivity contribution in [2.45, 2.75) is 298 Å². The maximum atomic E-state index is 8.57. The third-order valence-corrected chi connectivity index (χ3v) is 10.1. The molecular weight excluding hydrogens is 721 g/mol. The van der Waals surface area contributed by atoms with Crippen molar-refractivity contribution in [1.29, 1.82) is 0 Å². The second kappa shape index (κ2) is 84.3. The van der Waals surface area contributed by atoms with Gasteiger partial charge in [0, 0.05) is 39.6 Å². The van der Waals surface area contributed by atoms with E-state index >= 15 is 0 Å². The Morgan fingerprint density at radius 2 is 0.224 bits per heavy atom. The van der Waals surface area contributed by atoms with Gasteiger partial charge in [-0.05, 0) is 38.5 Å². The first kappa shape index (κ1) is 69.5. The summed E-state index contributed by atoms with van der Waals surface area (Å²) in [6.07, 6.45) is 50.9. The molecular formula is C52H116O6. The van der Waals surface area contributed by atoms with Crippen LogP contribution in [-0.2, 0) is 0 Å². The van der Waals surface area contributed by atoms with E-state index < -0.39 is 0 Å². The molecule has 0 atom stereocenters. The van der Waals surface area contributed by atoms with Crippen molar-refractivity contribution in [1.82, 2.24) is 0 Å². The van der Waals surface area contributed by atoms with Crippen molar-refractivity contribution in [3.05, 3.63) is 0 Å². The van der Waals surface area contributed by atoms with Gasteiger partial charge < -0.3 is 30.6 Å². The predicted octanol–water partition coefficient (Wildman–Crippen LogP) is 15.6. The largest absolute Gasteiger partial charge is 0.396 e. The Hall–Kier alpha value is -0.240. The zero-order chi connectivity index (χ0) is 44.5. The molecule has 0 rings (SSSR count). The molecule has 0 aromatic carbocycles. The number of hydrogen-bond donors (Lipinski definition) is 6. The summed E-state index contributed by atoms with van der Waals surface area (Å²) in [5, 5.41) is 50.6. The molecule has 360 valence electrons. The van der Waals surface area contributed by atoms with Crippen molar-refractivity contribution in [3.8, 4) is 0 Å². The quantitative estimate of drug-likeness (QED) is 0.0342. The van der Waals surface area contributed by atoms with Crippen molar-refractivity contribution in [3.63, 3.8) is 0 Å². The minimum absolute atomic E-state index is 0.361. The molecule has 0 saturated heterocycles.